The molecule has 0 saturated heterocycles. The quantitative estimate of drug-likeness (QED) is 0.238. The second-order valence-corrected chi connectivity index (χ2v) is 13.7. The highest BCUT2D eigenvalue weighted by atomic mass is 32.2. The summed E-state index contributed by atoms with van der Waals surface area (Å²) in [5, 5.41) is 0. The van der Waals surface area contributed by atoms with Crippen LogP contribution < -0.4 is 15.2 Å². The van der Waals surface area contributed by atoms with Crippen LogP contribution in [0.3, 0.4) is 0 Å². The van der Waals surface area contributed by atoms with Crippen molar-refractivity contribution < 1.29 is 18.3 Å². The number of benzene rings is 3. The van der Waals surface area contributed by atoms with Crippen molar-refractivity contribution in [1.82, 2.24) is 4.72 Å². The number of carbonyl (C=O) groups is 1. The van der Waals surface area contributed by atoms with E-state index in [1.54, 1.807) is 12.1 Å². The SMILES string of the molecule is Cc1ccc(-c2ccc(C(F)(F)C(NSc3ccc(OCC4CCCCC4)cc3)C(=O)N=C3C4CC45C(N)C35)cc2)cc1. The Kier molecular flexibility index (Phi) is 7.43. The number of nitrogens with zero attached hydrogens (tertiary/aromatic N) is 1. The van der Waals surface area contributed by atoms with E-state index in [1.165, 1.54) is 44.2 Å². The van der Waals surface area contributed by atoms with Crippen molar-refractivity contribution >= 4 is 23.6 Å². The molecule has 0 aliphatic heterocycles. The van der Waals surface area contributed by atoms with Crippen molar-refractivity contribution in [1.29, 1.82) is 0 Å². The van der Waals surface area contributed by atoms with Crippen LogP contribution in [-0.2, 0) is 10.7 Å². The molecule has 5 nitrogen and oxygen atoms in total. The number of hydrogen-bond donors (Lipinski definition) is 2. The fraction of sp³-hybridized carbons (Fsp3) is 0.429. The predicted octanol–water partition coefficient (Wildman–Crippen LogP) is 7.32. The summed E-state index contributed by atoms with van der Waals surface area (Å²) in [5.41, 5.74) is 9.67. The molecule has 4 fully saturated rings. The first-order valence-corrected chi connectivity index (χ1v) is 16.2. The number of carbonyl (C=O) groups excluding carboxylic acids is 1. The molecule has 8 heteroatoms. The predicted molar refractivity (Wildman–Crippen MR) is 166 cm³/mol. The van der Waals surface area contributed by atoms with Crippen molar-refractivity contribution in [2.24, 2.45) is 33.9 Å². The molecule has 0 bridgehead atoms. The fourth-order valence-electron chi connectivity index (χ4n) is 7.17. The lowest BCUT2D eigenvalue weighted by Gasteiger charge is -2.26. The Hall–Kier alpha value is -3.07. The van der Waals surface area contributed by atoms with Gasteiger partial charge in [-0.1, -0.05) is 73.4 Å². The third kappa shape index (κ3) is 5.32. The molecular weight excluding hydrogens is 564 g/mol. The zero-order valence-electron chi connectivity index (χ0n) is 24.3. The van der Waals surface area contributed by atoms with E-state index in [9.17, 15) is 4.79 Å². The van der Waals surface area contributed by atoms with E-state index in [4.69, 9.17) is 10.5 Å². The zero-order chi connectivity index (χ0) is 29.8. The molecular formula is C35H37F2N3O2S. The van der Waals surface area contributed by atoms with Crippen LogP contribution in [0.4, 0.5) is 8.78 Å². The first-order valence-electron chi connectivity index (χ1n) is 15.4. The van der Waals surface area contributed by atoms with Crippen molar-refractivity contribution in [2.75, 3.05) is 6.61 Å². The molecule has 3 aromatic rings. The van der Waals surface area contributed by atoms with Crippen molar-refractivity contribution in [3.63, 3.8) is 0 Å². The van der Waals surface area contributed by atoms with Gasteiger partial charge in [-0.15, -0.1) is 0 Å². The average Bonchev–Trinajstić information content (AvgIpc) is 3.84. The van der Waals surface area contributed by atoms with E-state index in [0.29, 0.717) is 23.1 Å². The van der Waals surface area contributed by atoms with Gasteiger partial charge < -0.3 is 10.5 Å². The second-order valence-electron chi connectivity index (χ2n) is 12.8. The molecule has 5 atom stereocenters. The molecule has 224 valence electrons. The van der Waals surface area contributed by atoms with Gasteiger partial charge in [-0.2, -0.15) is 8.78 Å². The maximum absolute atomic E-state index is 16.2. The van der Waals surface area contributed by atoms with Crippen LogP contribution in [0.1, 0.15) is 49.7 Å². The summed E-state index contributed by atoms with van der Waals surface area (Å²) in [5.74, 6) is -2.74. The number of ether oxygens (including phenoxy) is 1. The van der Waals surface area contributed by atoms with Gasteiger partial charge in [-0.05, 0) is 79.4 Å². The molecule has 3 N–H and O–H groups in total. The fourth-order valence-corrected chi connectivity index (χ4v) is 7.95. The molecule has 3 aromatic carbocycles. The number of amides is 1. The Labute approximate surface area is 255 Å². The van der Waals surface area contributed by atoms with Crippen LogP contribution in [-0.4, -0.2) is 30.3 Å². The largest absolute Gasteiger partial charge is 0.493 e. The van der Waals surface area contributed by atoms with E-state index in [2.05, 4.69) is 9.71 Å². The van der Waals surface area contributed by atoms with Crippen molar-refractivity contribution in [3.05, 3.63) is 83.9 Å². The summed E-state index contributed by atoms with van der Waals surface area (Å²) in [4.78, 5) is 18.4. The number of hydrogen-bond acceptors (Lipinski definition) is 5. The Bertz CT molecular complexity index is 1520. The van der Waals surface area contributed by atoms with Gasteiger partial charge in [0, 0.05) is 39.5 Å². The van der Waals surface area contributed by atoms with E-state index in [-0.39, 0.29) is 28.9 Å². The number of nitrogens with two attached hydrogens (primary N) is 1. The van der Waals surface area contributed by atoms with Gasteiger partial charge in [0.15, 0.2) is 6.04 Å². The summed E-state index contributed by atoms with van der Waals surface area (Å²) in [7, 11) is 0. The normalized spacial score (nSPS) is 27.5. The van der Waals surface area contributed by atoms with E-state index in [1.807, 2.05) is 55.5 Å². The summed E-state index contributed by atoms with van der Waals surface area (Å²) in [6.07, 6.45) is 7.15. The topological polar surface area (TPSA) is 76.7 Å². The lowest BCUT2D eigenvalue weighted by atomic mass is 9.90. The van der Waals surface area contributed by atoms with Gasteiger partial charge in [0.1, 0.15) is 5.75 Å². The van der Waals surface area contributed by atoms with Gasteiger partial charge in [0.2, 0.25) is 0 Å². The summed E-state index contributed by atoms with van der Waals surface area (Å²) >= 11 is 1.01. The summed E-state index contributed by atoms with van der Waals surface area (Å²) in [6.45, 7) is 2.70. The first kappa shape index (κ1) is 28.7. The van der Waals surface area contributed by atoms with Gasteiger partial charge >= 0.3 is 0 Å². The average molecular weight is 602 g/mol. The van der Waals surface area contributed by atoms with Crippen LogP contribution >= 0.6 is 11.9 Å². The van der Waals surface area contributed by atoms with Crippen LogP contribution in [0.2, 0.25) is 0 Å². The maximum Gasteiger partial charge on any atom is 0.298 e. The highest BCUT2D eigenvalue weighted by Gasteiger charge is 2.89. The Morgan fingerprint density at radius 2 is 1.67 bits per heavy atom. The number of aliphatic imine (C=N–C) groups is 1. The van der Waals surface area contributed by atoms with Crippen LogP contribution in [0.25, 0.3) is 11.1 Å². The number of nitrogens with one attached hydrogen (secondary N) is 1. The lowest BCUT2D eigenvalue weighted by Crippen LogP contribution is -2.46. The molecule has 5 unspecified atom stereocenters. The molecule has 0 radical (unpaired) electrons. The van der Waals surface area contributed by atoms with Crippen LogP contribution in [0.15, 0.2) is 82.7 Å². The minimum absolute atomic E-state index is 0.0125. The molecule has 0 aromatic heterocycles. The summed E-state index contributed by atoms with van der Waals surface area (Å²) < 4.78 is 41.1. The van der Waals surface area contributed by atoms with E-state index >= 15 is 8.78 Å². The van der Waals surface area contributed by atoms with Crippen molar-refractivity contribution in [3.8, 4) is 16.9 Å². The Morgan fingerprint density at radius 3 is 2.28 bits per heavy atom. The number of rotatable bonds is 10. The minimum atomic E-state index is -3.50. The molecule has 1 amide bonds. The number of alkyl halides is 2. The smallest absolute Gasteiger partial charge is 0.298 e. The van der Waals surface area contributed by atoms with Gasteiger partial charge in [0.25, 0.3) is 11.8 Å². The molecule has 0 heterocycles. The van der Waals surface area contributed by atoms with E-state index < -0.39 is 17.9 Å². The summed E-state index contributed by atoms with van der Waals surface area (Å²) in [6, 6.07) is 19.6. The zero-order valence-corrected chi connectivity index (χ0v) is 25.1. The van der Waals surface area contributed by atoms with E-state index in [0.717, 1.165) is 40.8 Å². The van der Waals surface area contributed by atoms with Crippen LogP contribution in [0, 0.1) is 30.1 Å². The minimum Gasteiger partial charge on any atom is -0.493 e. The van der Waals surface area contributed by atoms with Crippen LogP contribution in [0.5, 0.6) is 5.75 Å². The number of aryl methyl sites for hydroxylation is 1. The first-order chi connectivity index (χ1) is 20.8. The third-order valence-corrected chi connectivity index (χ3v) is 10.9. The molecule has 7 rings (SSSR count). The Balaban J connectivity index is 1.07. The monoisotopic (exact) mass is 601 g/mol. The molecule has 4 aliphatic rings. The van der Waals surface area contributed by atoms with Gasteiger partial charge in [0.05, 0.1) is 6.61 Å². The Morgan fingerprint density at radius 1 is 1.02 bits per heavy atom. The molecule has 4 aliphatic carbocycles. The standard InChI is InChI=1S/C35H37F2N3O2S/c1-21-7-9-23(10-8-21)24-11-13-25(14-12-24)35(36,37)32(33(41)39-30-28-19-34(28)29(30)31(34)38)40-43-27-17-15-26(16-18-27)42-20-22-5-3-2-4-6-22/h7-18,22,28-29,31-32,40H,2-6,19-20,38H2,1H3. The lowest BCUT2D eigenvalue weighted by molar-refractivity contribution is -0.130. The van der Waals surface area contributed by atoms with Gasteiger partial charge in [-0.3, -0.25) is 4.79 Å². The van der Waals surface area contributed by atoms with Crippen molar-refractivity contribution in [2.45, 2.75) is 68.4 Å². The number of halogens is 2. The van der Waals surface area contributed by atoms with Gasteiger partial charge in [-0.25, -0.2) is 9.71 Å². The maximum atomic E-state index is 16.2. The molecule has 1 spiro atoms. The second kappa shape index (κ2) is 11.1. The highest BCUT2D eigenvalue weighted by Crippen LogP contribution is 2.84. The molecule has 43 heavy (non-hydrogen) atoms. The third-order valence-electron chi connectivity index (χ3n) is 10.0. The highest BCUT2D eigenvalue weighted by molar-refractivity contribution is 7.97. The molecule has 4 saturated carbocycles.